The molecule has 2 heterocycles. The van der Waals surface area contributed by atoms with Gasteiger partial charge in [-0.05, 0) is 23.8 Å². The van der Waals surface area contributed by atoms with Crippen molar-refractivity contribution >= 4 is 34.7 Å². The molecule has 0 N–H and O–H groups in total. The third-order valence-corrected chi connectivity index (χ3v) is 6.84. The van der Waals surface area contributed by atoms with E-state index < -0.39 is 35.5 Å². The Kier molecular flexibility index (Phi) is 8.21. The second kappa shape index (κ2) is 11.5. The Balaban J connectivity index is 1.50. The first-order chi connectivity index (χ1) is 17.3. The van der Waals surface area contributed by atoms with Crippen molar-refractivity contribution < 1.29 is 33.0 Å². The zero-order valence-electron chi connectivity index (χ0n) is 19.7. The van der Waals surface area contributed by atoms with Crippen LogP contribution in [0.25, 0.3) is 0 Å². The van der Waals surface area contributed by atoms with E-state index in [2.05, 4.69) is 0 Å². The van der Waals surface area contributed by atoms with Crippen molar-refractivity contribution in [3.63, 3.8) is 0 Å². The summed E-state index contributed by atoms with van der Waals surface area (Å²) in [5.41, 5.74) is 1.22. The van der Waals surface area contributed by atoms with Crippen LogP contribution in [0, 0.1) is 5.82 Å². The van der Waals surface area contributed by atoms with Gasteiger partial charge in [0, 0.05) is 25.2 Å². The molecular formula is C25H26FN3O6S. The van der Waals surface area contributed by atoms with E-state index in [-0.39, 0.29) is 44.4 Å². The standard InChI is InChI=1S/C25H26FN3O6S/c1-34-19-8-6-17(7-9-19)10-27-11-20(35-15-18-4-2-3-5-21(18)26)12-28(13-22(27)30)23(31)14-29-24(32)16-36-25(29)33/h2-9,20H,10-16H2,1H3/t20-/m0/s1. The van der Waals surface area contributed by atoms with Gasteiger partial charge in [-0.3, -0.25) is 24.1 Å². The molecule has 190 valence electrons. The lowest BCUT2D eigenvalue weighted by molar-refractivity contribution is -0.140. The summed E-state index contributed by atoms with van der Waals surface area (Å²) < 4.78 is 25.3. The number of halogens is 1. The maximum Gasteiger partial charge on any atom is 0.289 e. The largest absolute Gasteiger partial charge is 0.497 e. The molecule has 36 heavy (non-hydrogen) atoms. The van der Waals surface area contributed by atoms with Crippen molar-refractivity contribution in [1.29, 1.82) is 0 Å². The van der Waals surface area contributed by atoms with Crippen molar-refractivity contribution in [3.8, 4) is 5.75 Å². The molecule has 2 aliphatic heterocycles. The summed E-state index contributed by atoms with van der Waals surface area (Å²) in [6.07, 6.45) is -0.613. The smallest absolute Gasteiger partial charge is 0.289 e. The number of amides is 4. The predicted octanol–water partition coefficient (Wildman–Crippen LogP) is 2.29. The fraction of sp³-hybridized carbons (Fsp3) is 0.360. The Morgan fingerprint density at radius 1 is 1.06 bits per heavy atom. The molecule has 4 rings (SSSR count). The van der Waals surface area contributed by atoms with Crippen LogP contribution in [-0.2, 0) is 32.3 Å². The van der Waals surface area contributed by atoms with Gasteiger partial charge >= 0.3 is 0 Å². The molecule has 0 unspecified atom stereocenters. The highest BCUT2D eigenvalue weighted by Crippen LogP contribution is 2.20. The van der Waals surface area contributed by atoms with Crippen LogP contribution in [0.3, 0.4) is 0 Å². The van der Waals surface area contributed by atoms with Gasteiger partial charge in [-0.1, -0.05) is 42.1 Å². The molecule has 0 spiro atoms. The van der Waals surface area contributed by atoms with Crippen LogP contribution in [0.5, 0.6) is 5.75 Å². The third kappa shape index (κ3) is 6.21. The monoisotopic (exact) mass is 515 g/mol. The molecule has 2 aromatic rings. The third-order valence-electron chi connectivity index (χ3n) is 5.98. The van der Waals surface area contributed by atoms with Crippen LogP contribution < -0.4 is 4.74 Å². The van der Waals surface area contributed by atoms with Crippen molar-refractivity contribution in [2.45, 2.75) is 19.3 Å². The molecular weight excluding hydrogens is 489 g/mol. The van der Waals surface area contributed by atoms with Crippen molar-refractivity contribution in [1.82, 2.24) is 14.7 Å². The number of hydrogen-bond acceptors (Lipinski definition) is 7. The lowest BCUT2D eigenvalue weighted by atomic mass is 10.2. The van der Waals surface area contributed by atoms with Crippen molar-refractivity contribution in [3.05, 3.63) is 65.5 Å². The predicted molar refractivity (Wildman–Crippen MR) is 130 cm³/mol. The molecule has 11 heteroatoms. The van der Waals surface area contributed by atoms with Gasteiger partial charge in [-0.25, -0.2) is 4.39 Å². The van der Waals surface area contributed by atoms with Gasteiger partial charge in [0.1, 0.15) is 18.1 Å². The Labute approximate surface area is 212 Å². The number of nitrogens with zero attached hydrogens (tertiary/aromatic N) is 3. The van der Waals surface area contributed by atoms with Gasteiger partial charge in [-0.15, -0.1) is 0 Å². The number of carbonyl (C=O) groups excluding carboxylic acids is 4. The van der Waals surface area contributed by atoms with E-state index in [0.717, 1.165) is 22.2 Å². The first-order valence-electron chi connectivity index (χ1n) is 11.3. The highest BCUT2D eigenvalue weighted by Gasteiger charge is 2.36. The number of benzene rings is 2. The average Bonchev–Trinajstić information content (AvgIpc) is 3.09. The number of rotatable bonds is 8. The first-order valence-corrected chi connectivity index (χ1v) is 12.3. The number of imide groups is 1. The second-order valence-corrected chi connectivity index (χ2v) is 9.38. The van der Waals surface area contributed by atoms with E-state index in [0.29, 0.717) is 11.3 Å². The van der Waals surface area contributed by atoms with Gasteiger partial charge in [-0.2, -0.15) is 0 Å². The fourth-order valence-electron chi connectivity index (χ4n) is 3.97. The molecule has 1 atom stereocenters. The second-order valence-electron chi connectivity index (χ2n) is 8.46. The molecule has 2 saturated heterocycles. The zero-order chi connectivity index (χ0) is 25.7. The lowest BCUT2D eigenvalue weighted by Gasteiger charge is -2.25. The number of methoxy groups -OCH3 is 1. The topological polar surface area (TPSA) is 96.5 Å². The van der Waals surface area contributed by atoms with E-state index in [4.69, 9.17) is 9.47 Å². The number of thioether (sulfide) groups is 1. The maximum atomic E-state index is 14.1. The molecule has 0 radical (unpaired) electrons. The molecule has 9 nitrogen and oxygen atoms in total. The van der Waals surface area contributed by atoms with Crippen LogP contribution >= 0.6 is 11.8 Å². The highest BCUT2D eigenvalue weighted by molar-refractivity contribution is 8.14. The molecule has 0 aliphatic carbocycles. The summed E-state index contributed by atoms with van der Waals surface area (Å²) in [6, 6.07) is 13.5. The van der Waals surface area contributed by atoms with Gasteiger partial charge < -0.3 is 19.3 Å². The molecule has 4 amide bonds. The number of ether oxygens (including phenoxy) is 2. The Morgan fingerprint density at radius 3 is 2.47 bits per heavy atom. The molecule has 0 bridgehead atoms. The minimum Gasteiger partial charge on any atom is -0.497 e. The van der Waals surface area contributed by atoms with Crippen LogP contribution in [0.1, 0.15) is 11.1 Å². The molecule has 2 aliphatic rings. The van der Waals surface area contributed by atoms with E-state index >= 15 is 0 Å². The number of hydrogen-bond donors (Lipinski definition) is 0. The molecule has 2 aromatic carbocycles. The Bertz CT molecular complexity index is 1130. The van der Waals surface area contributed by atoms with Crippen molar-refractivity contribution in [2.24, 2.45) is 0 Å². The fourth-order valence-corrected chi connectivity index (χ4v) is 4.70. The summed E-state index contributed by atoms with van der Waals surface area (Å²) in [7, 11) is 1.57. The van der Waals surface area contributed by atoms with Crippen LogP contribution in [-0.4, -0.2) is 82.8 Å². The zero-order valence-corrected chi connectivity index (χ0v) is 20.5. The Hall–Kier alpha value is -3.44. The summed E-state index contributed by atoms with van der Waals surface area (Å²) >= 11 is 0.841. The minimum atomic E-state index is -0.613. The lowest BCUT2D eigenvalue weighted by Crippen LogP contribution is -2.46. The summed E-state index contributed by atoms with van der Waals surface area (Å²) in [6.45, 7) is -0.176. The van der Waals surface area contributed by atoms with Crippen LogP contribution in [0.15, 0.2) is 48.5 Å². The van der Waals surface area contributed by atoms with Gasteiger partial charge in [0.2, 0.25) is 17.7 Å². The van der Waals surface area contributed by atoms with Gasteiger partial charge in [0.05, 0.1) is 32.1 Å². The Morgan fingerprint density at radius 2 is 1.81 bits per heavy atom. The SMILES string of the molecule is COc1ccc(CN2C[C@H](OCc3ccccc3F)CN(C(=O)CN3C(=O)CSC3=O)CC2=O)cc1. The molecule has 0 saturated carbocycles. The van der Waals surface area contributed by atoms with E-state index in [1.807, 2.05) is 12.1 Å². The minimum absolute atomic E-state index is 0.00490. The van der Waals surface area contributed by atoms with E-state index in [1.165, 1.54) is 11.0 Å². The van der Waals surface area contributed by atoms with Crippen molar-refractivity contribution in [2.75, 3.05) is 39.0 Å². The summed E-state index contributed by atoms with van der Waals surface area (Å²) in [4.78, 5) is 53.8. The summed E-state index contributed by atoms with van der Waals surface area (Å²) in [5.74, 6) is -0.993. The van der Waals surface area contributed by atoms with E-state index in [1.54, 1.807) is 42.3 Å². The number of carbonyl (C=O) groups is 4. The molecule has 0 aromatic heterocycles. The van der Waals surface area contributed by atoms with E-state index in [9.17, 15) is 23.6 Å². The molecule has 2 fully saturated rings. The first kappa shape index (κ1) is 25.6. The van der Waals surface area contributed by atoms with Crippen LogP contribution in [0.4, 0.5) is 9.18 Å². The quantitative estimate of drug-likeness (QED) is 0.532. The average molecular weight is 516 g/mol. The normalized spacial score (nSPS) is 18.6. The summed E-state index contributed by atoms with van der Waals surface area (Å²) in [5, 5.41) is -0.483. The van der Waals surface area contributed by atoms with Gasteiger partial charge in [0.25, 0.3) is 5.24 Å². The highest BCUT2D eigenvalue weighted by atomic mass is 32.2. The van der Waals surface area contributed by atoms with Gasteiger partial charge in [0.15, 0.2) is 0 Å². The maximum absolute atomic E-state index is 14.1. The van der Waals surface area contributed by atoms with Crippen LogP contribution in [0.2, 0.25) is 0 Å².